The van der Waals surface area contributed by atoms with Crippen molar-refractivity contribution in [1.29, 1.82) is 0 Å². The third-order valence-electron chi connectivity index (χ3n) is 4.07. The molecule has 2 rings (SSSR count). The van der Waals surface area contributed by atoms with Crippen molar-refractivity contribution in [3.8, 4) is 0 Å². The minimum absolute atomic E-state index is 0.0727. The highest BCUT2D eigenvalue weighted by Gasteiger charge is 2.28. The van der Waals surface area contributed by atoms with Crippen LogP contribution in [-0.4, -0.2) is 4.83 Å². The van der Waals surface area contributed by atoms with Crippen LogP contribution in [0.15, 0.2) is 22.7 Å². The molecule has 0 aliphatic heterocycles. The molecule has 18 heavy (non-hydrogen) atoms. The first kappa shape index (κ1) is 14.5. The van der Waals surface area contributed by atoms with E-state index in [4.69, 9.17) is 0 Å². The number of alkyl halides is 1. The molecular weight excluding hydrogens is 359 g/mol. The molecular formula is C15H19Br2F. The van der Waals surface area contributed by atoms with E-state index in [1.807, 2.05) is 6.07 Å². The fourth-order valence-electron chi connectivity index (χ4n) is 2.89. The lowest BCUT2D eigenvalue weighted by Gasteiger charge is -2.33. The van der Waals surface area contributed by atoms with Gasteiger partial charge in [-0.25, -0.2) is 4.39 Å². The first-order valence-electron chi connectivity index (χ1n) is 6.68. The number of rotatable bonds is 3. The van der Waals surface area contributed by atoms with E-state index in [-0.39, 0.29) is 5.82 Å². The van der Waals surface area contributed by atoms with Gasteiger partial charge in [-0.1, -0.05) is 45.2 Å². The van der Waals surface area contributed by atoms with Crippen molar-refractivity contribution in [3.05, 3.63) is 34.1 Å². The Bertz CT molecular complexity index is 405. The Morgan fingerprint density at radius 1 is 1.33 bits per heavy atom. The molecule has 1 aromatic carbocycles. The van der Waals surface area contributed by atoms with Crippen LogP contribution in [0.3, 0.4) is 0 Å². The molecule has 1 aromatic rings. The molecule has 0 N–H and O–H groups in total. The van der Waals surface area contributed by atoms with Crippen LogP contribution in [0.2, 0.25) is 0 Å². The molecule has 0 spiro atoms. The predicted octanol–water partition coefficient (Wildman–Crippen LogP) is 5.72. The second-order valence-electron chi connectivity index (χ2n) is 5.30. The van der Waals surface area contributed by atoms with Crippen molar-refractivity contribution in [2.75, 3.05) is 0 Å². The van der Waals surface area contributed by atoms with Crippen molar-refractivity contribution in [2.45, 2.75) is 43.9 Å². The van der Waals surface area contributed by atoms with Gasteiger partial charge in [-0.05, 0) is 61.3 Å². The van der Waals surface area contributed by atoms with Crippen LogP contribution in [0, 0.1) is 17.7 Å². The second-order valence-corrected chi connectivity index (χ2v) is 7.40. The molecule has 1 fully saturated rings. The summed E-state index contributed by atoms with van der Waals surface area (Å²) in [5, 5.41) is 0. The van der Waals surface area contributed by atoms with Crippen molar-refractivity contribution in [2.24, 2.45) is 11.8 Å². The standard InChI is InChI=1S/C15H19Br2F/c1-2-10-3-5-14(17)11(7-10)8-12-9-13(16)4-6-15(12)18/h4,6,9-11,14H,2-3,5,7-8H2,1H3. The molecule has 0 saturated heterocycles. The molecule has 1 aliphatic rings. The van der Waals surface area contributed by atoms with Gasteiger partial charge in [-0.3, -0.25) is 0 Å². The van der Waals surface area contributed by atoms with E-state index in [2.05, 4.69) is 38.8 Å². The van der Waals surface area contributed by atoms with E-state index in [9.17, 15) is 4.39 Å². The Labute approximate surface area is 126 Å². The topological polar surface area (TPSA) is 0 Å². The lowest BCUT2D eigenvalue weighted by molar-refractivity contribution is 0.269. The number of hydrogen-bond donors (Lipinski definition) is 0. The molecule has 0 radical (unpaired) electrons. The number of halogens is 3. The van der Waals surface area contributed by atoms with Crippen molar-refractivity contribution >= 4 is 31.9 Å². The fourth-order valence-corrected chi connectivity index (χ4v) is 3.96. The van der Waals surface area contributed by atoms with Crippen LogP contribution in [0.25, 0.3) is 0 Å². The van der Waals surface area contributed by atoms with E-state index in [0.29, 0.717) is 10.7 Å². The lowest BCUT2D eigenvalue weighted by Crippen LogP contribution is -2.26. The highest BCUT2D eigenvalue weighted by Crippen LogP contribution is 2.37. The van der Waals surface area contributed by atoms with Crippen LogP contribution in [0.4, 0.5) is 4.39 Å². The SMILES string of the molecule is CCC1CCC(Br)C(Cc2cc(Br)ccc2F)C1. The third-order valence-corrected chi connectivity index (χ3v) is 5.76. The van der Waals surface area contributed by atoms with Crippen LogP contribution < -0.4 is 0 Å². The summed E-state index contributed by atoms with van der Waals surface area (Å²) in [6.45, 7) is 2.26. The van der Waals surface area contributed by atoms with E-state index in [0.717, 1.165) is 22.4 Å². The summed E-state index contributed by atoms with van der Waals surface area (Å²) in [5.41, 5.74) is 0.843. The molecule has 0 aromatic heterocycles. The van der Waals surface area contributed by atoms with Gasteiger partial charge >= 0.3 is 0 Å². The van der Waals surface area contributed by atoms with Crippen molar-refractivity contribution in [1.82, 2.24) is 0 Å². The average molecular weight is 378 g/mol. The normalized spacial score (nSPS) is 28.3. The Morgan fingerprint density at radius 3 is 2.83 bits per heavy atom. The average Bonchev–Trinajstić information content (AvgIpc) is 2.36. The number of hydrogen-bond acceptors (Lipinski definition) is 0. The van der Waals surface area contributed by atoms with E-state index < -0.39 is 0 Å². The molecule has 0 bridgehead atoms. The van der Waals surface area contributed by atoms with E-state index in [1.54, 1.807) is 12.1 Å². The Balaban J connectivity index is 2.09. The van der Waals surface area contributed by atoms with Gasteiger partial charge in [0.25, 0.3) is 0 Å². The first-order valence-corrected chi connectivity index (χ1v) is 8.39. The summed E-state index contributed by atoms with van der Waals surface area (Å²) in [5.74, 6) is 1.31. The van der Waals surface area contributed by atoms with Crippen molar-refractivity contribution in [3.63, 3.8) is 0 Å². The van der Waals surface area contributed by atoms with Crippen molar-refractivity contribution < 1.29 is 4.39 Å². The Morgan fingerprint density at radius 2 is 2.11 bits per heavy atom. The molecule has 3 unspecified atom stereocenters. The van der Waals surface area contributed by atoms with Gasteiger partial charge in [0.05, 0.1) is 0 Å². The smallest absolute Gasteiger partial charge is 0.126 e. The zero-order valence-electron chi connectivity index (χ0n) is 10.6. The summed E-state index contributed by atoms with van der Waals surface area (Å²) < 4.78 is 14.8. The molecule has 3 atom stereocenters. The predicted molar refractivity (Wildman–Crippen MR) is 81.6 cm³/mol. The van der Waals surface area contributed by atoms with Crippen LogP contribution in [-0.2, 0) is 6.42 Å². The molecule has 3 heteroatoms. The Kier molecular flexibility index (Phi) is 5.25. The van der Waals surface area contributed by atoms with Crippen LogP contribution >= 0.6 is 31.9 Å². The van der Waals surface area contributed by atoms with Gasteiger partial charge in [0.1, 0.15) is 5.82 Å². The summed E-state index contributed by atoms with van der Waals surface area (Å²) >= 11 is 7.20. The molecule has 0 nitrogen and oxygen atoms in total. The van der Waals surface area contributed by atoms with Gasteiger partial charge in [0.15, 0.2) is 0 Å². The number of benzene rings is 1. The molecule has 1 saturated carbocycles. The Hall–Kier alpha value is 0.110. The second kappa shape index (κ2) is 6.51. The molecule has 0 amide bonds. The summed E-state index contributed by atoms with van der Waals surface area (Å²) in [7, 11) is 0. The zero-order chi connectivity index (χ0) is 13.1. The maximum atomic E-state index is 13.8. The monoisotopic (exact) mass is 376 g/mol. The molecule has 0 heterocycles. The van der Waals surface area contributed by atoms with Gasteiger partial charge in [-0.15, -0.1) is 0 Å². The minimum Gasteiger partial charge on any atom is -0.207 e. The lowest BCUT2D eigenvalue weighted by atomic mass is 9.77. The van der Waals surface area contributed by atoms with E-state index >= 15 is 0 Å². The molecule has 1 aliphatic carbocycles. The summed E-state index contributed by atoms with van der Waals surface area (Å²) in [6.07, 6.45) is 5.84. The van der Waals surface area contributed by atoms with Gasteiger partial charge in [0, 0.05) is 9.30 Å². The van der Waals surface area contributed by atoms with Crippen LogP contribution in [0.1, 0.15) is 38.2 Å². The maximum Gasteiger partial charge on any atom is 0.126 e. The summed E-state index contributed by atoms with van der Waals surface area (Å²) in [4.78, 5) is 0.540. The highest BCUT2D eigenvalue weighted by molar-refractivity contribution is 9.10. The highest BCUT2D eigenvalue weighted by atomic mass is 79.9. The minimum atomic E-state index is -0.0727. The molecule has 100 valence electrons. The van der Waals surface area contributed by atoms with Crippen LogP contribution in [0.5, 0.6) is 0 Å². The van der Waals surface area contributed by atoms with Gasteiger partial charge in [0.2, 0.25) is 0 Å². The largest absolute Gasteiger partial charge is 0.207 e. The third kappa shape index (κ3) is 3.57. The zero-order valence-corrected chi connectivity index (χ0v) is 13.8. The van der Waals surface area contributed by atoms with E-state index in [1.165, 1.54) is 25.7 Å². The quantitative estimate of drug-likeness (QED) is 0.591. The first-order chi connectivity index (χ1) is 8.60. The maximum absolute atomic E-state index is 13.8. The summed E-state index contributed by atoms with van der Waals surface area (Å²) in [6, 6.07) is 5.24. The van der Waals surface area contributed by atoms with Gasteiger partial charge < -0.3 is 0 Å². The fraction of sp³-hybridized carbons (Fsp3) is 0.600. The van der Waals surface area contributed by atoms with Gasteiger partial charge in [-0.2, -0.15) is 0 Å².